The van der Waals surface area contributed by atoms with Crippen LogP contribution < -0.4 is 5.32 Å². The van der Waals surface area contributed by atoms with Crippen LogP contribution in [0.5, 0.6) is 0 Å². The lowest BCUT2D eigenvalue weighted by Gasteiger charge is -2.19. The molecule has 0 radical (unpaired) electrons. The highest BCUT2D eigenvalue weighted by Crippen LogP contribution is 2.40. The largest absolute Gasteiger partial charge is 0.349 e. The van der Waals surface area contributed by atoms with E-state index in [1.807, 2.05) is 59.4 Å². The van der Waals surface area contributed by atoms with E-state index in [0.29, 0.717) is 12.3 Å². The Hall–Kier alpha value is -2.88. The Labute approximate surface area is 147 Å². The van der Waals surface area contributed by atoms with E-state index >= 15 is 0 Å². The van der Waals surface area contributed by atoms with Crippen LogP contribution in [-0.2, 0) is 11.2 Å². The number of carbonyl (C=O) groups is 1. The van der Waals surface area contributed by atoms with E-state index < -0.39 is 0 Å². The molecule has 2 aromatic carbocycles. The maximum Gasteiger partial charge on any atom is 0.224 e. The van der Waals surface area contributed by atoms with Gasteiger partial charge in [0, 0.05) is 12.4 Å². The Morgan fingerprint density at radius 2 is 1.84 bits per heavy atom. The molecule has 1 fully saturated rings. The second kappa shape index (κ2) is 6.93. The Morgan fingerprint density at radius 3 is 2.48 bits per heavy atom. The minimum atomic E-state index is 0.0765. The molecule has 3 aromatic rings. The molecular weight excluding hydrogens is 310 g/mol. The van der Waals surface area contributed by atoms with Crippen molar-refractivity contribution in [1.82, 2.24) is 15.1 Å². The SMILES string of the molecule is O=C(Cc1ccc(-n2cccn2)cc1)N[C@@H](c1ccccc1)C1CC1. The number of aromatic nitrogens is 2. The lowest BCUT2D eigenvalue weighted by Crippen LogP contribution is -2.31. The maximum absolute atomic E-state index is 12.5. The molecule has 4 heteroatoms. The van der Waals surface area contributed by atoms with Gasteiger partial charge in [-0.3, -0.25) is 4.79 Å². The van der Waals surface area contributed by atoms with Crippen LogP contribution in [0.4, 0.5) is 0 Å². The van der Waals surface area contributed by atoms with Crippen molar-refractivity contribution in [1.29, 1.82) is 0 Å². The number of amides is 1. The molecule has 1 atom stereocenters. The molecule has 0 spiro atoms. The molecule has 1 aliphatic rings. The van der Waals surface area contributed by atoms with E-state index in [4.69, 9.17) is 0 Å². The van der Waals surface area contributed by atoms with Gasteiger partial charge >= 0.3 is 0 Å². The lowest BCUT2D eigenvalue weighted by atomic mass is 10.0. The number of hydrogen-bond acceptors (Lipinski definition) is 2. The van der Waals surface area contributed by atoms with Gasteiger partial charge in [-0.2, -0.15) is 5.10 Å². The number of benzene rings is 2. The summed E-state index contributed by atoms with van der Waals surface area (Å²) < 4.78 is 1.81. The fourth-order valence-electron chi connectivity index (χ4n) is 3.16. The molecule has 1 aliphatic carbocycles. The van der Waals surface area contributed by atoms with Gasteiger partial charge in [0.2, 0.25) is 5.91 Å². The van der Waals surface area contributed by atoms with E-state index in [0.717, 1.165) is 11.3 Å². The molecule has 1 amide bonds. The second-order valence-corrected chi connectivity index (χ2v) is 6.59. The Balaban J connectivity index is 1.41. The molecule has 126 valence electrons. The third kappa shape index (κ3) is 3.79. The summed E-state index contributed by atoms with van der Waals surface area (Å²) in [5.41, 5.74) is 3.21. The van der Waals surface area contributed by atoms with Gasteiger partial charge in [-0.15, -0.1) is 0 Å². The van der Waals surface area contributed by atoms with Crippen molar-refractivity contribution in [2.45, 2.75) is 25.3 Å². The number of carbonyl (C=O) groups excluding carboxylic acids is 1. The number of rotatable bonds is 6. The summed E-state index contributed by atoms with van der Waals surface area (Å²) in [4.78, 5) is 12.5. The van der Waals surface area contributed by atoms with Crippen LogP contribution >= 0.6 is 0 Å². The topological polar surface area (TPSA) is 46.9 Å². The summed E-state index contributed by atoms with van der Waals surface area (Å²) >= 11 is 0. The molecule has 0 aliphatic heterocycles. The van der Waals surface area contributed by atoms with Gasteiger partial charge in [0.25, 0.3) is 0 Å². The summed E-state index contributed by atoms with van der Waals surface area (Å²) in [6.45, 7) is 0. The Kier molecular flexibility index (Phi) is 4.34. The molecule has 4 nitrogen and oxygen atoms in total. The molecule has 1 aromatic heterocycles. The Bertz CT molecular complexity index is 821. The smallest absolute Gasteiger partial charge is 0.224 e. The van der Waals surface area contributed by atoms with Gasteiger partial charge in [0.15, 0.2) is 0 Å². The lowest BCUT2D eigenvalue weighted by molar-refractivity contribution is -0.121. The molecule has 0 saturated heterocycles. The third-order valence-electron chi connectivity index (χ3n) is 4.64. The zero-order chi connectivity index (χ0) is 17.1. The van der Waals surface area contributed by atoms with E-state index in [1.165, 1.54) is 18.4 Å². The standard InChI is InChI=1S/C21H21N3O/c25-20(23-21(18-9-10-18)17-5-2-1-3-6-17)15-16-7-11-19(12-8-16)24-14-4-13-22-24/h1-8,11-14,18,21H,9-10,15H2,(H,23,25)/t21-/m0/s1. The van der Waals surface area contributed by atoms with E-state index in [-0.39, 0.29) is 11.9 Å². The van der Waals surface area contributed by atoms with Crippen LogP contribution in [0.25, 0.3) is 5.69 Å². The average Bonchev–Trinajstić information content (AvgIpc) is 3.34. The fourth-order valence-corrected chi connectivity index (χ4v) is 3.16. The van der Waals surface area contributed by atoms with Crippen molar-refractivity contribution in [2.24, 2.45) is 5.92 Å². The average molecular weight is 331 g/mol. The van der Waals surface area contributed by atoms with Gasteiger partial charge in [-0.25, -0.2) is 4.68 Å². The summed E-state index contributed by atoms with van der Waals surface area (Å²) in [5, 5.41) is 7.44. The second-order valence-electron chi connectivity index (χ2n) is 6.59. The maximum atomic E-state index is 12.5. The molecule has 1 N–H and O–H groups in total. The van der Waals surface area contributed by atoms with E-state index in [2.05, 4.69) is 22.5 Å². The van der Waals surface area contributed by atoms with E-state index in [9.17, 15) is 4.79 Å². The van der Waals surface area contributed by atoms with Crippen molar-refractivity contribution >= 4 is 5.91 Å². The molecule has 1 saturated carbocycles. The van der Waals surface area contributed by atoms with Crippen LogP contribution in [0.2, 0.25) is 0 Å². The minimum Gasteiger partial charge on any atom is -0.349 e. The molecule has 25 heavy (non-hydrogen) atoms. The number of nitrogens with zero attached hydrogens (tertiary/aromatic N) is 2. The van der Waals surface area contributed by atoms with E-state index in [1.54, 1.807) is 6.20 Å². The van der Waals surface area contributed by atoms with Gasteiger partial charge in [-0.1, -0.05) is 42.5 Å². The first-order valence-electron chi connectivity index (χ1n) is 8.73. The van der Waals surface area contributed by atoms with Crippen molar-refractivity contribution < 1.29 is 4.79 Å². The zero-order valence-electron chi connectivity index (χ0n) is 14.0. The van der Waals surface area contributed by atoms with Crippen LogP contribution in [0, 0.1) is 5.92 Å². The number of nitrogens with one attached hydrogen (secondary N) is 1. The van der Waals surface area contributed by atoms with Crippen LogP contribution in [0.15, 0.2) is 73.1 Å². The first-order chi connectivity index (χ1) is 12.3. The van der Waals surface area contributed by atoms with Gasteiger partial charge in [0.05, 0.1) is 18.2 Å². The molecule has 4 rings (SSSR count). The summed E-state index contributed by atoms with van der Waals surface area (Å²) in [6, 6.07) is 20.3. The molecule has 0 bridgehead atoms. The predicted molar refractivity (Wildman–Crippen MR) is 97.3 cm³/mol. The van der Waals surface area contributed by atoms with Gasteiger partial charge in [0.1, 0.15) is 0 Å². The van der Waals surface area contributed by atoms with Gasteiger partial charge in [-0.05, 0) is 48.1 Å². The summed E-state index contributed by atoms with van der Waals surface area (Å²) in [7, 11) is 0. The van der Waals surface area contributed by atoms with Crippen molar-refractivity contribution in [2.75, 3.05) is 0 Å². The van der Waals surface area contributed by atoms with Crippen molar-refractivity contribution in [3.05, 3.63) is 84.2 Å². The first-order valence-corrected chi connectivity index (χ1v) is 8.73. The fraction of sp³-hybridized carbons (Fsp3) is 0.238. The Morgan fingerprint density at radius 1 is 1.08 bits per heavy atom. The normalized spacial score (nSPS) is 14.9. The van der Waals surface area contributed by atoms with Crippen molar-refractivity contribution in [3.8, 4) is 5.69 Å². The van der Waals surface area contributed by atoms with Crippen LogP contribution in [-0.4, -0.2) is 15.7 Å². The predicted octanol–water partition coefficient (Wildman–Crippen LogP) is 3.68. The third-order valence-corrected chi connectivity index (χ3v) is 4.64. The highest BCUT2D eigenvalue weighted by Gasteiger charge is 2.33. The monoisotopic (exact) mass is 331 g/mol. The van der Waals surface area contributed by atoms with Crippen LogP contribution in [0.3, 0.4) is 0 Å². The quantitative estimate of drug-likeness (QED) is 0.749. The summed E-state index contributed by atoms with van der Waals surface area (Å²) in [6.07, 6.45) is 6.44. The highest BCUT2D eigenvalue weighted by atomic mass is 16.1. The minimum absolute atomic E-state index is 0.0765. The first kappa shape index (κ1) is 15.6. The van der Waals surface area contributed by atoms with Gasteiger partial charge < -0.3 is 5.32 Å². The molecular formula is C21H21N3O. The van der Waals surface area contributed by atoms with Crippen molar-refractivity contribution in [3.63, 3.8) is 0 Å². The number of hydrogen-bond donors (Lipinski definition) is 1. The van der Waals surface area contributed by atoms with Crippen LogP contribution in [0.1, 0.15) is 30.0 Å². The summed E-state index contributed by atoms with van der Waals surface area (Å²) in [5.74, 6) is 0.654. The highest BCUT2D eigenvalue weighted by molar-refractivity contribution is 5.79. The zero-order valence-corrected chi connectivity index (χ0v) is 14.0. The molecule has 1 heterocycles. The molecule has 0 unspecified atom stereocenters.